The van der Waals surface area contributed by atoms with Crippen LogP contribution in [0.1, 0.15) is 40.0 Å². The van der Waals surface area contributed by atoms with Gasteiger partial charge in [0.05, 0.1) is 0 Å². The highest BCUT2D eigenvalue weighted by Crippen LogP contribution is 2.06. The zero-order chi connectivity index (χ0) is 10.1. The Morgan fingerprint density at radius 2 is 1.85 bits per heavy atom. The summed E-state index contributed by atoms with van der Waals surface area (Å²) in [6.45, 7) is 11.0. The van der Waals surface area contributed by atoms with Crippen LogP contribution in [0, 0.1) is 5.92 Å². The number of unbranched alkanes of at least 4 members (excludes halogenated alkanes) is 1. The van der Waals surface area contributed by atoms with Crippen LogP contribution in [0.3, 0.4) is 0 Å². The average Bonchev–Trinajstić information content (AvgIpc) is 2.10. The van der Waals surface area contributed by atoms with E-state index in [1.807, 2.05) is 0 Å². The fraction of sp³-hybridized carbons (Fsp3) is 1.00. The van der Waals surface area contributed by atoms with Crippen molar-refractivity contribution in [2.75, 3.05) is 26.2 Å². The van der Waals surface area contributed by atoms with Crippen molar-refractivity contribution in [2.24, 2.45) is 11.7 Å². The quantitative estimate of drug-likeness (QED) is 0.588. The molecule has 0 aliphatic rings. The normalized spacial score (nSPS) is 11.5. The summed E-state index contributed by atoms with van der Waals surface area (Å²) >= 11 is 0. The highest BCUT2D eigenvalue weighted by atomic mass is 15.1. The van der Waals surface area contributed by atoms with Crippen LogP contribution in [0.25, 0.3) is 0 Å². The minimum atomic E-state index is 0.790. The minimum Gasteiger partial charge on any atom is -0.329 e. The maximum Gasteiger partial charge on any atom is 0.0104 e. The lowest BCUT2D eigenvalue weighted by molar-refractivity contribution is 0.286. The first-order valence-corrected chi connectivity index (χ1v) is 5.63. The van der Waals surface area contributed by atoms with Gasteiger partial charge in [0.15, 0.2) is 0 Å². The Kier molecular flexibility index (Phi) is 8.46. The van der Waals surface area contributed by atoms with Crippen LogP contribution < -0.4 is 5.73 Å². The third kappa shape index (κ3) is 8.26. The first-order chi connectivity index (χ1) is 6.20. The molecule has 0 bridgehead atoms. The summed E-state index contributed by atoms with van der Waals surface area (Å²) in [4.78, 5) is 2.43. The second-order valence-corrected chi connectivity index (χ2v) is 4.11. The van der Waals surface area contributed by atoms with Crippen molar-refractivity contribution < 1.29 is 0 Å². The van der Waals surface area contributed by atoms with Crippen molar-refractivity contribution in [2.45, 2.75) is 40.0 Å². The molecule has 0 unspecified atom stereocenters. The Balaban J connectivity index is 3.27. The molecule has 0 aromatic rings. The lowest BCUT2D eigenvalue weighted by atomic mass is 10.1. The molecular weight excluding hydrogens is 160 g/mol. The number of hydrogen-bond donors (Lipinski definition) is 1. The third-order valence-corrected chi connectivity index (χ3v) is 2.40. The summed E-state index contributed by atoms with van der Waals surface area (Å²) in [5, 5.41) is 0. The summed E-state index contributed by atoms with van der Waals surface area (Å²) < 4.78 is 0. The van der Waals surface area contributed by atoms with Crippen LogP contribution in [0.4, 0.5) is 0 Å². The molecule has 0 fully saturated rings. The van der Waals surface area contributed by atoms with E-state index in [4.69, 9.17) is 5.73 Å². The lowest BCUT2D eigenvalue weighted by Crippen LogP contribution is -2.30. The standard InChI is InChI=1S/C11H26N2/c1-4-13(10-8-12)9-6-5-7-11(2)3/h11H,4-10,12H2,1-3H3. The predicted octanol–water partition coefficient (Wildman–Crippen LogP) is 2.09. The molecule has 80 valence electrons. The Hall–Kier alpha value is -0.0800. The molecule has 0 saturated heterocycles. The maximum absolute atomic E-state index is 5.52. The van der Waals surface area contributed by atoms with Crippen LogP contribution in [-0.2, 0) is 0 Å². The minimum absolute atomic E-state index is 0.790. The zero-order valence-corrected chi connectivity index (χ0v) is 9.55. The fourth-order valence-electron chi connectivity index (χ4n) is 1.50. The molecule has 2 N–H and O–H groups in total. The van der Waals surface area contributed by atoms with E-state index in [1.165, 1.54) is 25.8 Å². The molecule has 0 aliphatic heterocycles. The van der Waals surface area contributed by atoms with Crippen LogP contribution in [0.15, 0.2) is 0 Å². The molecular formula is C11H26N2. The Morgan fingerprint density at radius 1 is 1.15 bits per heavy atom. The summed E-state index contributed by atoms with van der Waals surface area (Å²) in [5.41, 5.74) is 5.52. The van der Waals surface area contributed by atoms with Crippen molar-refractivity contribution in [1.82, 2.24) is 4.90 Å². The number of hydrogen-bond acceptors (Lipinski definition) is 2. The van der Waals surface area contributed by atoms with Crippen molar-refractivity contribution >= 4 is 0 Å². The third-order valence-electron chi connectivity index (χ3n) is 2.40. The second kappa shape index (κ2) is 8.52. The van der Waals surface area contributed by atoms with E-state index in [0.29, 0.717) is 0 Å². The highest BCUT2D eigenvalue weighted by Gasteiger charge is 2.00. The largest absolute Gasteiger partial charge is 0.329 e. The van der Waals surface area contributed by atoms with Gasteiger partial charge in [-0.25, -0.2) is 0 Å². The molecule has 0 aromatic carbocycles. The average molecular weight is 186 g/mol. The van der Waals surface area contributed by atoms with Gasteiger partial charge in [-0.05, 0) is 25.4 Å². The van der Waals surface area contributed by atoms with Crippen LogP contribution >= 0.6 is 0 Å². The number of nitrogens with zero attached hydrogens (tertiary/aromatic N) is 1. The lowest BCUT2D eigenvalue weighted by Gasteiger charge is -2.19. The predicted molar refractivity (Wildman–Crippen MR) is 59.9 cm³/mol. The van der Waals surface area contributed by atoms with Gasteiger partial charge >= 0.3 is 0 Å². The first-order valence-electron chi connectivity index (χ1n) is 5.63. The van der Waals surface area contributed by atoms with Gasteiger partial charge in [-0.1, -0.05) is 33.6 Å². The highest BCUT2D eigenvalue weighted by molar-refractivity contribution is 4.56. The summed E-state index contributed by atoms with van der Waals surface area (Å²) in [6.07, 6.45) is 4.05. The molecule has 0 radical (unpaired) electrons. The Morgan fingerprint density at radius 3 is 2.31 bits per heavy atom. The summed E-state index contributed by atoms with van der Waals surface area (Å²) in [5.74, 6) is 0.851. The van der Waals surface area contributed by atoms with E-state index < -0.39 is 0 Å². The molecule has 2 heteroatoms. The van der Waals surface area contributed by atoms with Crippen LogP contribution in [0.2, 0.25) is 0 Å². The van der Waals surface area contributed by atoms with E-state index in [9.17, 15) is 0 Å². The molecule has 0 saturated carbocycles. The number of rotatable bonds is 8. The Bertz CT molecular complexity index is 102. The molecule has 0 rings (SSSR count). The second-order valence-electron chi connectivity index (χ2n) is 4.11. The number of likely N-dealkylation sites (N-methyl/N-ethyl adjacent to an activating group) is 1. The topological polar surface area (TPSA) is 29.3 Å². The van der Waals surface area contributed by atoms with Gasteiger partial charge in [-0.2, -0.15) is 0 Å². The molecule has 2 nitrogen and oxygen atoms in total. The van der Waals surface area contributed by atoms with E-state index in [0.717, 1.165) is 25.6 Å². The summed E-state index contributed by atoms with van der Waals surface area (Å²) in [6, 6.07) is 0. The van der Waals surface area contributed by atoms with Crippen molar-refractivity contribution in [3.8, 4) is 0 Å². The van der Waals surface area contributed by atoms with Crippen molar-refractivity contribution in [3.05, 3.63) is 0 Å². The van der Waals surface area contributed by atoms with E-state index in [-0.39, 0.29) is 0 Å². The molecule has 0 spiro atoms. The van der Waals surface area contributed by atoms with E-state index in [1.54, 1.807) is 0 Å². The SMILES string of the molecule is CCN(CCN)CCCCC(C)C. The van der Waals surface area contributed by atoms with Gasteiger partial charge in [-0.3, -0.25) is 0 Å². The monoisotopic (exact) mass is 186 g/mol. The van der Waals surface area contributed by atoms with E-state index in [2.05, 4.69) is 25.7 Å². The van der Waals surface area contributed by atoms with Crippen LogP contribution in [-0.4, -0.2) is 31.1 Å². The molecule has 0 atom stereocenters. The number of nitrogens with two attached hydrogens (primary N) is 1. The molecule has 13 heavy (non-hydrogen) atoms. The molecule has 0 aliphatic carbocycles. The molecule has 0 aromatic heterocycles. The zero-order valence-electron chi connectivity index (χ0n) is 9.55. The maximum atomic E-state index is 5.52. The van der Waals surface area contributed by atoms with E-state index >= 15 is 0 Å². The van der Waals surface area contributed by atoms with Gasteiger partial charge in [0, 0.05) is 13.1 Å². The van der Waals surface area contributed by atoms with Gasteiger partial charge in [0.1, 0.15) is 0 Å². The Labute approximate surface area is 83.5 Å². The van der Waals surface area contributed by atoms with Crippen molar-refractivity contribution in [3.63, 3.8) is 0 Å². The van der Waals surface area contributed by atoms with Gasteiger partial charge in [0.25, 0.3) is 0 Å². The summed E-state index contributed by atoms with van der Waals surface area (Å²) in [7, 11) is 0. The van der Waals surface area contributed by atoms with Crippen LogP contribution in [0.5, 0.6) is 0 Å². The fourth-order valence-corrected chi connectivity index (χ4v) is 1.50. The smallest absolute Gasteiger partial charge is 0.0104 e. The van der Waals surface area contributed by atoms with Crippen molar-refractivity contribution in [1.29, 1.82) is 0 Å². The molecule has 0 heterocycles. The first kappa shape index (κ1) is 12.9. The molecule has 0 amide bonds. The van der Waals surface area contributed by atoms with Gasteiger partial charge in [-0.15, -0.1) is 0 Å². The van der Waals surface area contributed by atoms with Gasteiger partial charge < -0.3 is 10.6 Å². The van der Waals surface area contributed by atoms with Gasteiger partial charge in [0.2, 0.25) is 0 Å².